The van der Waals surface area contributed by atoms with Crippen LogP contribution in [0.25, 0.3) is 0 Å². The van der Waals surface area contributed by atoms with E-state index in [1.165, 1.54) is 0 Å². The average Bonchev–Trinajstić information content (AvgIpc) is 2.34. The molecule has 0 aliphatic heterocycles. The van der Waals surface area contributed by atoms with Crippen molar-refractivity contribution in [2.75, 3.05) is 5.32 Å². The Kier molecular flexibility index (Phi) is 4.08. The molecule has 2 rings (SSSR count). The molecule has 2 nitrogen and oxygen atoms in total. The van der Waals surface area contributed by atoms with Crippen molar-refractivity contribution in [3.8, 4) is 0 Å². The van der Waals surface area contributed by atoms with Gasteiger partial charge in [0.15, 0.2) is 0 Å². The van der Waals surface area contributed by atoms with Crippen molar-refractivity contribution in [2.45, 2.75) is 19.3 Å². The summed E-state index contributed by atoms with van der Waals surface area (Å²) in [5, 5.41) is 3.88. The number of halogens is 2. The Morgan fingerprint density at radius 3 is 2.76 bits per heavy atom. The van der Waals surface area contributed by atoms with Gasteiger partial charge in [-0.2, -0.15) is 0 Å². The van der Waals surface area contributed by atoms with Gasteiger partial charge in [0.1, 0.15) is 0 Å². The Bertz CT molecular complexity index is 457. The van der Waals surface area contributed by atoms with Crippen LogP contribution in [0.5, 0.6) is 0 Å². The van der Waals surface area contributed by atoms with Crippen molar-refractivity contribution in [2.24, 2.45) is 5.92 Å². The van der Waals surface area contributed by atoms with E-state index < -0.39 is 0 Å². The van der Waals surface area contributed by atoms with E-state index in [1.807, 2.05) is 0 Å². The maximum absolute atomic E-state index is 12.0. The van der Waals surface area contributed by atoms with Crippen molar-refractivity contribution >= 4 is 34.8 Å². The molecule has 1 amide bonds. The second-order valence-corrected chi connectivity index (χ2v) is 4.94. The van der Waals surface area contributed by atoms with E-state index in [9.17, 15) is 4.79 Å². The van der Waals surface area contributed by atoms with Crippen LogP contribution in [0.4, 0.5) is 5.69 Å². The fourth-order valence-corrected chi connectivity index (χ4v) is 2.31. The van der Waals surface area contributed by atoms with E-state index in [4.69, 9.17) is 23.2 Å². The summed E-state index contributed by atoms with van der Waals surface area (Å²) < 4.78 is 0. The van der Waals surface area contributed by atoms with Crippen LogP contribution in [0.1, 0.15) is 19.3 Å². The molecule has 4 heteroatoms. The topological polar surface area (TPSA) is 29.1 Å². The zero-order chi connectivity index (χ0) is 12.3. The third kappa shape index (κ3) is 3.24. The standard InChI is InChI=1S/C13H13Cl2NO/c14-10-6-7-12(11(15)8-10)16-13(17)9-4-2-1-3-5-9/h1-2,6-9H,3-5H2,(H,16,17)/t9-/m1/s1. The second-order valence-electron chi connectivity index (χ2n) is 4.09. The summed E-state index contributed by atoms with van der Waals surface area (Å²) in [6.07, 6.45) is 6.83. The van der Waals surface area contributed by atoms with Gasteiger partial charge in [0.05, 0.1) is 10.7 Å². The van der Waals surface area contributed by atoms with Crippen molar-refractivity contribution in [3.05, 3.63) is 40.4 Å². The van der Waals surface area contributed by atoms with Crippen molar-refractivity contribution in [1.29, 1.82) is 0 Å². The summed E-state index contributed by atoms with van der Waals surface area (Å²) in [5.41, 5.74) is 0.621. The lowest BCUT2D eigenvalue weighted by Gasteiger charge is -2.17. The molecule has 0 unspecified atom stereocenters. The molecule has 1 aromatic rings. The lowest BCUT2D eigenvalue weighted by Crippen LogP contribution is -2.23. The molecule has 0 aromatic heterocycles. The van der Waals surface area contributed by atoms with E-state index in [0.29, 0.717) is 15.7 Å². The van der Waals surface area contributed by atoms with Crippen LogP contribution in [-0.2, 0) is 4.79 Å². The third-order valence-corrected chi connectivity index (χ3v) is 3.38. The zero-order valence-electron chi connectivity index (χ0n) is 9.25. The van der Waals surface area contributed by atoms with E-state index >= 15 is 0 Å². The summed E-state index contributed by atoms with van der Waals surface area (Å²) in [4.78, 5) is 12.0. The summed E-state index contributed by atoms with van der Waals surface area (Å²) in [6.45, 7) is 0. The average molecular weight is 270 g/mol. The van der Waals surface area contributed by atoms with E-state index in [1.54, 1.807) is 18.2 Å². The van der Waals surface area contributed by atoms with Crippen molar-refractivity contribution < 1.29 is 4.79 Å². The minimum Gasteiger partial charge on any atom is -0.325 e. The molecule has 0 spiro atoms. The van der Waals surface area contributed by atoms with Crippen LogP contribution in [0.15, 0.2) is 30.4 Å². The number of hydrogen-bond acceptors (Lipinski definition) is 1. The van der Waals surface area contributed by atoms with E-state index in [-0.39, 0.29) is 11.8 Å². The molecule has 17 heavy (non-hydrogen) atoms. The molecule has 1 aliphatic carbocycles. The number of carbonyl (C=O) groups is 1. The predicted octanol–water partition coefficient (Wildman–Crippen LogP) is 4.29. The quantitative estimate of drug-likeness (QED) is 0.798. The Morgan fingerprint density at radius 2 is 2.12 bits per heavy atom. The first-order valence-corrected chi connectivity index (χ1v) is 6.33. The number of nitrogens with one attached hydrogen (secondary N) is 1. The highest BCUT2D eigenvalue weighted by Crippen LogP contribution is 2.27. The molecule has 1 atom stereocenters. The highest BCUT2D eigenvalue weighted by atomic mass is 35.5. The first-order chi connectivity index (χ1) is 8.16. The molecule has 1 aliphatic rings. The Morgan fingerprint density at radius 1 is 1.29 bits per heavy atom. The van der Waals surface area contributed by atoms with E-state index in [0.717, 1.165) is 19.3 Å². The monoisotopic (exact) mass is 269 g/mol. The molecule has 1 aromatic carbocycles. The maximum Gasteiger partial charge on any atom is 0.227 e. The zero-order valence-corrected chi connectivity index (χ0v) is 10.8. The predicted molar refractivity (Wildman–Crippen MR) is 71.6 cm³/mol. The lowest BCUT2D eigenvalue weighted by molar-refractivity contribution is -0.120. The first-order valence-electron chi connectivity index (χ1n) is 5.58. The van der Waals surface area contributed by atoms with Gasteiger partial charge in [-0.05, 0) is 37.5 Å². The van der Waals surface area contributed by atoms with Gasteiger partial charge in [-0.15, -0.1) is 0 Å². The number of benzene rings is 1. The third-order valence-electron chi connectivity index (χ3n) is 2.83. The molecule has 0 bridgehead atoms. The Labute approximate surface area is 111 Å². The fourth-order valence-electron chi connectivity index (χ4n) is 1.86. The lowest BCUT2D eigenvalue weighted by atomic mass is 9.93. The Balaban J connectivity index is 2.05. The number of rotatable bonds is 2. The number of anilines is 1. The second kappa shape index (κ2) is 5.56. The van der Waals surface area contributed by atoms with Gasteiger partial charge < -0.3 is 5.32 Å². The first kappa shape index (κ1) is 12.5. The molecule has 0 radical (unpaired) electrons. The molecule has 0 heterocycles. The summed E-state index contributed by atoms with van der Waals surface area (Å²) >= 11 is 11.8. The molecule has 0 saturated carbocycles. The summed E-state index contributed by atoms with van der Waals surface area (Å²) in [6, 6.07) is 5.06. The summed E-state index contributed by atoms with van der Waals surface area (Å²) in [7, 11) is 0. The fraction of sp³-hybridized carbons (Fsp3) is 0.308. The van der Waals surface area contributed by atoms with Crippen molar-refractivity contribution in [1.82, 2.24) is 0 Å². The van der Waals surface area contributed by atoms with Crippen molar-refractivity contribution in [3.63, 3.8) is 0 Å². The van der Waals surface area contributed by atoms with Gasteiger partial charge in [-0.25, -0.2) is 0 Å². The Hall–Kier alpha value is -0.990. The highest BCUT2D eigenvalue weighted by molar-refractivity contribution is 6.36. The van der Waals surface area contributed by atoms with Crippen LogP contribution in [0.3, 0.4) is 0 Å². The van der Waals surface area contributed by atoms with Crippen LogP contribution in [0.2, 0.25) is 10.0 Å². The molecular weight excluding hydrogens is 257 g/mol. The highest BCUT2D eigenvalue weighted by Gasteiger charge is 2.19. The summed E-state index contributed by atoms with van der Waals surface area (Å²) in [5.74, 6) is 0.0744. The van der Waals surface area contributed by atoms with Gasteiger partial charge in [-0.1, -0.05) is 35.4 Å². The number of hydrogen-bond donors (Lipinski definition) is 1. The molecule has 1 N–H and O–H groups in total. The van der Waals surface area contributed by atoms with E-state index in [2.05, 4.69) is 17.5 Å². The van der Waals surface area contributed by atoms with Gasteiger partial charge in [-0.3, -0.25) is 4.79 Å². The molecule has 0 saturated heterocycles. The number of amides is 1. The van der Waals surface area contributed by atoms with Gasteiger partial charge >= 0.3 is 0 Å². The van der Waals surface area contributed by atoms with Crippen LogP contribution < -0.4 is 5.32 Å². The minimum absolute atomic E-state index is 0.0265. The number of carbonyl (C=O) groups excluding carboxylic acids is 1. The largest absolute Gasteiger partial charge is 0.325 e. The van der Waals surface area contributed by atoms with Crippen LogP contribution >= 0.6 is 23.2 Å². The maximum atomic E-state index is 12.0. The van der Waals surface area contributed by atoms with Gasteiger partial charge in [0.2, 0.25) is 5.91 Å². The van der Waals surface area contributed by atoms with Gasteiger partial charge in [0.25, 0.3) is 0 Å². The van der Waals surface area contributed by atoms with Crippen LogP contribution in [-0.4, -0.2) is 5.91 Å². The molecular formula is C13H13Cl2NO. The minimum atomic E-state index is 0.0265. The molecule has 90 valence electrons. The van der Waals surface area contributed by atoms with Crippen LogP contribution in [0, 0.1) is 5.92 Å². The number of allylic oxidation sites excluding steroid dienone is 2. The SMILES string of the molecule is O=C(Nc1ccc(Cl)cc1Cl)[C@@H]1CC=CCC1. The van der Waals surface area contributed by atoms with Gasteiger partial charge in [0, 0.05) is 10.9 Å². The normalized spacial score (nSPS) is 19.1. The smallest absolute Gasteiger partial charge is 0.227 e. The molecule has 0 fully saturated rings.